The van der Waals surface area contributed by atoms with Gasteiger partial charge in [0.1, 0.15) is 0 Å². The molecule has 1 aliphatic carbocycles. The van der Waals surface area contributed by atoms with Crippen molar-refractivity contribution in [1.82, 2.24) is 4.90 Å². The summed E-state index contributed by atoms with van der Waals surface area (Å²) in [5, 5.41) is 8.98. The molecule has 6 heteroatoms. The van der Waals surface area contributed by atoms with Gasteiger partial charge in [0, 0.05) is 24.8 Å². The van der Waals surface area contributed by atoms with Crippen molar-refractivity contribution >= 4 is 5.69 Å². The first kappa shape index (κ1) is 14.1. The Morgan fingerprint density at radius 3 is 2.53 bits per heavy atom. The molecule has 0 aliphatic heterocycles. The highest BCUT2D eigenvalue weighted by Crippen LogP contribution is 2.35. The molecule has 19 heavy (non-hydrogen) atoms. The zero-order valence-electron chi connectivity index (χ0n) is 10.5. The number of rotatable bonds is 5. The maximum Gasteiger partial charge on any atom is 0.416 e. The second kappa shape index (κ2) is 5.38. The van der Waals surface area contributed by atoms with Crippen LogP contribution in [-0.2, 0) is 12.7 Å². The molecule has 0 atom stereocenters. The van der Waals surface area contributed by atoms with Crippen molar-refractivity contribution in [3.8, 4) is 0 Å². The second-order valence-electron chi connectivity index (χ2n) is 4.84. The minimum absolute atomic E-state index is 0.0488. The number of nitrogens with two attached hydrogens (primary N) is 1. The van der Waals surface area contributed by atoms with Gasteiger partial charge in [0.25, 0.3) is 0 Å². The Kier molecular flexibility index (Phi) is 4.01. The van der Waals surface area contributed by atoms with Gasteiger partial charge in [-0.1, -0.05) is 6.07 Å². The number of nitrogens with zero attached hydrogens (tertiary/aromatic N) is 1. The van der Waals surface area contributed by atoms with Crippen molar-refractivity contribution in [3.05, 3.63) is 29.3 Å². The zero-order valence-corrected chi connectivity index (χ0v) is 10.5. The van der Waals surface area contributed by atoms with E-state index >= 15 is 0 Å². The molecule has 1 aliphatic rings. The number of aliphatic hydroxyl groups excluding tert-OH is 1. The van der Waals surface area contributed by atoms with Gasteiger partial charge in [-0.2, -0.15) is 13.2 Å². The Hall–Kier alpha value is -1.27. The van der Waals surface area contributed by atoms with Gasteiger partial charge in [-0.05, 0) is 30.5 Å². The predicted molar refractivity (Wildman–Crippen MR) is 66.4 cm³/mol. The largest absolute Gasteiger partial charge is 0.416 e. The van der Waals surface area contributed by atoms with E-state index in [1.165, 1.54) is 12.1 Å². The van der Waals surface area contributed by atoms with E-state index in [1.807, 2.05) is 4.90 Å². The minimum Gasteiger partial charge on any atom is -0.399 e. The Bertz CT molecular complexity index is 444. The molecule has 0 unspecified atom stereocenters. The van der Waals surface area contributed by atoms with Crippen LogP contribution >= 0.6 is 0 Å². The first-order valence-electron chi connectivity index (χ1n) is 6.22. The topological polar surface area (TPSA) is 49.5 Å². The quantitative estimate of drug-likeness (QED) is 0.810. The van der Waals surface area contributed by atoms with Crippen LogP contribution in [0.25, 0.3) is 0 Å². The van der Waals surface area contributed by atoms with Gasteiger partial charge in [0.15, 0.2) is 0 Å². The summed E-state index contributed by atoms with van der Waals surface area (Å²) >= 11 is 0. The molecular formula is C13H17F3N2O. The molecule has 3 N–H and O–H groups in total. The number of anilines is 1. The van der Waals surface area contributed by atoms with E-state index in [2.05, 4.69) is 0 Å². The third-order valence-electron chi connectivity index (χ3n) is 3.26. The summed E-state index contributed by atoms with van der Waals surface area (Å²) in [6, 6.07) is 4.17. The van der Waals surface area contributed by atoms with Crippen LogP contribution in [-0.4, -0.2) is 29.2 Å². The molecule has 1 aromatic rings. The molecule has 0 spiro atoms. The van der Waals surface area contributed by atoms with E-state index in [0.717, 1.165) is 18.9 Å². The Labute approximate surface area is 109 Å². The predicted octanol–water partition coefficient (Wildman–Crippen LogP) is 2.24. The van der Waals surface area contributed by atoms with Crippen molar-refractivity contribution in [2.45, 2.75) is 31.6 Å². The van der Waals surface area contributed by atoms with Gasteiger partial charge in [-0.15, -0.1) is 0 Å². The number of nitrogen functional groups attached to an aromatic ring is 1. The van der Waals surface area contributed by atoms with Crippen molar-refractivity contribution in [2.75, 3.05) is 18.9 Å². The van der Waals surface area contributed by atoms with Gasteiger partial charge in [-0.3, -0.25) is 4.90 Å². The maximum absolute atomic E-state index is 13.0. The zero-order chi connectivity index (χ0) is 14.0. The number of benzene rings is 1. The Morgan fingerprint density at radius 2 is 2.00 bits per heavy atom. The second-order valence-corrected chi connectivity index (χ2v) is 4.84. The number of alkyl halides is 3. The molecule has 0 saturated heterocycles. The SMILES string of the molecule is Nc1ccc(CN(CCO)C2CC2)c(C(F)(F)F)c1. The maximum atomic E-state index is 13.0. The monoisotopic (exact) mass is 274 g/mol. The van der Waals surface area contributed by atoms with E-state index in [1.54, 1.807) is 0 Å². The average Bonchev–Trinajstić information content (AvgIpc) is 3.13. The van der Waals surface area contributed by atoms with E-state index in [4.69, 9.17) is 10.8 Å². The summed E-state index contributed by atoms with van der Waals surface area (Å²) in [7, 11) is 0. The smallest absolute Gasteiger partial charge is 0.399 e. The van der Waals surface area contributed by atoms with Gasteiger partial charge >= 0.3 is 6.18 Å². The highest BCUT2D eigenvalue weighted by molar-refractivity contribution is 5.46. The molecule has 3 nitrogen and oxygen atoms in total. The molecule has 0 aromatic heterocycles. The van der Waals surface area contributed by atoms with Crippen LogP contribution in [0, 0.1) is 0 Å². The molecule has 1 saturated carbocycles. The standard InChI is InChI=1S/C13H17F3N2O/c14-13(15,16)12-7-10(17)2-1-9(12)8-18(5-6-19)11-3-4-11/h1-2,7,11,19H,3-6,8,17H2. The van der Waals surface area contributed by atoms with Crippen LogP contribution in [0.5, 0.6) is 0 Å². The Balaban J connectivity index is 2.23. The summed E-state index contributed by atoms with van der Waals surface area (Å²) in [4.78, 5) is 1.89. The van der Waals surface area contributed by atoms with Crippen LogP contribution in [0.4, 0.5) is 18.9 Å². The van der Waals surface area contributed by atoms with Crippen LogP contribution in [0.2, 0.25) is 0 Å². The fraction of sp³-hybridized carbons (Fsp3) is 0.538. The average molecular weight is 274 g/mol. The van der Waals surface area contributed by atoms with E-state index in [-0.39, 0.29) is 24.4 Å². The van der Waals surface area contributed by atoms with Crippen molar-refractivity contribution in [2.24, 2.45) is 0 Å². The van der Waals surface area contributed by atoms with E-state index in [0.29, 0.717) is 12.6 Å². The lowest BCUT2D eigenvalue weighted by atomic mass is 10.1. The summed E-state index contributed by atoms with van der Waals surface area (Å²) in [6.07, 6.45) is -2.44. The summed E-state index contributed by atoms with van der Waals surface area (Å²) in [5.41, 5.74) is 5.07. The van der Waals surface area contributed by atoms with Crippen LogP contribution in [0.15, 0.2) is 18.2 Å². The molecule has 0 amide bonds. The van der Waals surface area contributed by atoms with Gasteiger partial charge in [0.05, 0.1) is 12.2 Å². The molecule has 106 valence electrons. The molecule has 0 radical (unpaired) electrons. The summed E-state index contributed by atoms with van der Waals surface area (Å²) in [5.74, 6) is 0. The lowest BCUT2D eigenvalue weighted by molar-refractivity contribution is -0.138. The van der Waals surface area contributed by atoms with Crippen molar-refractivity contribution in [1.29, 1.82) is 0 Å². The highest BCUT2D eigenvalue weighted by Gasteiger charge is 2.35. The van der Waals surface area contributed by atoms with Gasteiger partial charge in [-0.25, -0.2) is 0 Å². The van der Waals surface area contributed by atoms with Crippen molar-refractivity contribution < 1.29 is 18.3 Å². The first-order chi connectivity index (χ1) is 8.91. The molecule has 1 aromatic carbocycles. The molecule has 1 fully saturated rings. The van der Waals surface area contributed by atoms with Crippen LogP contribution in [0.1, 0.15) is 24.0 Å². The fourth-order valence-electron chi connectivity index (χ4n) is 2.17. The minimum atomic E-state index is -4.40. The first-order valence-corrected chi connectivity index (χ1v) is 6.22. The third-order valence-corrected chi connectivity index (χ3v) is 3.26. The molecule has 0 bridgehead atoms. The lowest BCUT2D eigenvalue weighted by Crippen LogP contribution is -2.29. The van der Waals surface area contributed by atoms with Crippen LogP contribution < -0.4 is 5.73 Å². The molecule has 0 heterocycles. The Morgan fingerprint density at radius 1 is 1.32 bits per heavy atom. The summed E-state index contributed by atoms with van der Waals surface area (Å²) in [6.45, 7) is 0.541. The van der Waals surface area contributed by atoms with Crippen LogP contribution in [0.3, 0.4) is 0 Å². The molecular weight excluding hydrogens is 257 g/mol. The van der Waals surface area contributed by atoms with E-state index < -0.39 is 11.7 Å². The van der Waals surface area contributed by atoms with Gasteiger partial charge < -0.3 is 10.8 Å². The highest BCUT2D eigenvalue weighted by atomic mass is 19.4. The normalized spacial score (nSPS) is 16.1. The van der Waals surface area contributed by atoms with Gasteiger partial charge in [0.2, 0.25) is 0 Å². The number of hydrogen-bond donors (Lipinski definition) is 2. The lowest BCUT2D eigenvalue weighted by Gasteiger charge is -2.23. The number of aliphatic hydroxyl groups is 1. The molecule has 2 rings (SSSR count). The van der Waals surface area contributed by atoms with Crippen molar-refractivity contribution in [3.63, 3.8) is 0 Å². The number of hydrogen-bond acceptors (Lipinski definition) is 3. The third kappa shape index (κ3) is 3.61. The summed E-state index contributed by atoms with van der Waals surface area (Å²) < 4.78 is 38.9. The van der Waals surface area contributed by atoms with E-state index in [9.17, 15) is 13.2 Å². The fourth-order valence-corrected chi connectivity index (χ4v) is 2.17. The number of halogens is 3.